The molecule has 0 bridgehead atoms. The van der Waals surface area contributed by atoms with Gasteiger partial charge in [-0.2, -0.15) is 0 Å². The van der Waals surface area contributed by atoms with E-state index in [4.69, 9.17) is 0 Å². The van der Waals surface area contributed by atoms with E-state index < -0.39 is 17.8 Å². The zero-order valence-electron chi connectivity index (χ0n) is 19.6. The van der Waals surface area contributed by atoms with Gasteiger partial charge in [-0.05, 0) is 73.4 Å². The molecule has 0 spiro atoms. The Morgan fingerprint density at radius 2 is 1.76 bits per heavy atom. The molecule has 3 amide bonds. The molecule has 0 saturated carbocycles. The molecule has 37 heavy (non-hydrogen) atoms. The third kappa shape index (κ3) is 4.99. The van der Waals surface area contributed by atoms with E-state index in [1.807, 2.05) is 0 Å². The molecule has 188 valence electrons. The molecule has 5 rings (SSSR count). The summed E-state index contributed by atoms with van der Waals surface area (Å²) in [6.45, 7) is 0. The van der Waals surface area contributed by atoms with Gasteiger partial charge in [0.05, 0.1) is 5.57 Å². The van der Waals surface area contributed by atoms with E-state index in [9.17, 15) is 28.7 Å². The Morgan fingerprint density at radius 3 is 2.51 bits per heavy atom. The van der Waals surface area contributed by atoms with Gasteiger partial charge in [0.1, 0.15) is 5.82 Å². The number of amides is 3. The number of rotatable bonds is 6. The van der Waals surface area contributed by atoms with Crippen LogP contribution in [0.4, 0.5) is 26.2 Å². The van der Waals surface area contributed by atoms with Crippen molar-refractivity contribution in [2.45, 2.75) is 32.1 Å². The topological polar surface area (TPSA) is 140 Å². The predicted molar refractivity (Wildman–Crippen MR) is 136 cm³/mol. The Labute approximate surface area is 210 Å². The fourth-order valence-electron chi connectivity index (χ4n) is 4.69. The Morgan fingerprint density at radius 1 is 1.03 bits per heavy atom. The van der Waals surface area contributed by atoms with E-state index in [1.165, 1.54) is 24.3 Å². The SMILES string of the molecule is O=C(O)CCc1c(C=C2C(=O)Nc3ccc(NC(=O)Nc4ccc(F)cc4)cc32)[nH]c2c1C(=O)CCC2. The van der Waals surface area contributed by atoms with E-state index in [2.05, 4.69) is 20.9 Å². The van der Waals surface area contributed by atoms with Gasteiger partial charge in [0.2, 0.25) is 0 Å². The average molecular weight is 503 g/mol. The van der Waals surface area contributed by atoms with Gasteiger partial charge in [0, 0.05) is 52.4 Å². The Balaban J connectivity index is 1.45. The number of hydrogen-bond donors (Lipinski definition) is 5. The molecule has 1 aliphatic heterocycles. The van der Waals surface area contributed by atoms with Crippen molar-refractivity contribution in [1.29, 1.82) is 0 Å². The third-order valence-corrected chi connectivity index (χ3v) is 6.36. The van der Waals surface area contributed by atoms with Crippen molar-refractivity contribution in [2.24, 2.45) is 0 Å². The van der Waals surface area contributed by atoms with Gasteiger partial charge < -0.3 is 26.0 Å². The summed E-state index contributed by atoms with van der Waals surface area (Å²) in [6, 6.07) is 9.74. The van der Waals surface area contributed by atoms with Crippen LogP contribution >= 0.6 is 0 Å². The lowest BCUT2D eigenvalue weighted by Gasteiger charge is -2.11. The lowest BCUT2D eigenvalue weighted by atomic mass is 9.91. The van der Waals surface area contributed by atoms with E-state index in [0.717, 1.165) is 5.69 Å². The van der Waals surface area contributed by atoms with Gasteiger partial charge in [0.15, 0.2) is 5.78 Å². The van der Waals surface area contributed by atoms with Gasteiger partial charge in [-0.3, -0.25) is 14.4 Å². The van der Waals surface area contributed by atoms with Gasteiger partial charge >= 0.3 is 12.0 Å². The molecule has 0 unspecified atom stereocenters. The molecule has 1 aliphatic carbocycles. The van der Waals surface area contributed by atoms with Crippen molar-refractivity contribution >= 4 is 52.4 Å². The summed E-state index contributed by atoms with van der Waals surface area (Å²) < 4.78 is 13.1. The molecule has 10 heteroatoms. The molecule has 1 aromatic heterocycles. The molecule has 2 aliphatic rings. The lowest BCUT2D eigenvalue weighted by Crippen LogP contribution is -2.19. The largest absolute Gasteiger partial charge is 0.481 e. The predicted octanol–water partition coefficient (Wildman–Crippen LogP) is 4.83. The molecule has 2 heterocycles. The maximum atomic E-state index is 13.1. The second kappa shape index (κ2) is 9.73. The minimum atomic E-state index is -0.976. The van der Waals surface area contributed by atoms with Crippen LogP contribution in [0.2, 0.25) is 0 Å². The van der Waals surface area contributed by atoms with Gasteiger partial charge in [-0.25, -0.2) is 9.18 Å². The number of nitrogens with one attached hydrogen (secondary N) is 4. The zero-order valence-corrected chi connectivity index (χ0v) is 19.6. The van der Waals surface area contributed by atoms with Crippen molar-refractivity contribution in [1.82, 2.24) is 4.98 Å². The number of halogens is 1. The van der Waals surface area contributed by atoms with Crippen LogP contribution in [0.25, 0.3) is 11.6 Å². The summed E-state index contributed by atoms with van der Waals surface area (Å²) in [5, 5.41) is 17.3. The standard InChI is InChI=1S/C27H23FN4O5/c28-14-4-6-15(7-5-14)29-27(37)30-16-8-10-20-18(12-16)19(26(36)32-20)13-22-17(9-11-24(34)35)25-21(31-22)2-1-3-23(25)33/h4-8,10,12-13,31H,1-3,9,11H2,(H,32,36)(H,34,35)(H2,29,30,37). The Hall–Kier alpha value is -4.73. The first-order chi connectivity index (χ1) is 17.8. The number of carbonyl (C=O) groups excluding carboxylic acids is 3. The first-order valence-electron chi connectivity index (χ1n) is 11.8. The molecule has 5 N–H and O–H groups in total. The van der Waals surface area contributed by atoms with Crippen LogP contribution in [-0.2, 0) is 22.4 Å². The number of carboxylic acids is 1. The first-order valence-corrected chi connectivity index (χ1v) is 11.8. The zero-order chi connectivity index (χ0) is 26.1. The highest BCUT2D eigenvalue weighted by molar-refractivity contribution is 6.35. The fourth-order valence-corrected chi connectivity index (χ4v) is 4.69. The van der Waals surface area contributed by atoms with Crippen molar-refractivity contribution in [3.8, 4) is 0 Å². The fraction of sp³-hybridized carbons (Fsp3) is 0.185. The maximum absolute atomic E-state index is 13.1. The number of aromatic nitrogens is 1. The molecule has 9 nitrogen and oxygen atoms in total. The monoisotopic (exact) mass is 502 g/mol. The highest BCUT2D eigenvalue weighted by atomic mass is 19.1. The van der Waals surface area contributed by atoms with Crippen LogP contribution in [0, 0.1) is 5.82 Å². The summed E-state index contributed by atoms with van der Waals surface area (Å²) in [5.41, 5.74) is 4.69. The first kappa shape index (κ1) is 24.0. The number of carbonyl (C=O) groups is 4. The van der Waals surface area contributed by atoms with E-state index in [1.54, 1.807) is 24.3 Å². The lowest BCUT2D eigenvalue weighted by molar-refractivity contribution is -0.137. The quantitative estimate of drug-likeness (QED) is 0.307. The van der Waals surface area contributed by atoms with Crippen LogP contribution < -0.4 is 16.0 Å². The van der Waals surface area contributed by atoms with E-state index in [-0.39, 0.29) is 24.5 Å². The van der Waals surface area contributed by atoms with Crippen molar-refractivity contribution in [2.75, 3.05) is 16.0 Å². The van der Waals surface area contributed by atoms with Crippen LogP contribution in [0.1, 0.15) is 52.1 Å². The second-order valence-electron chi connectivity index (χ2n) is 8.90. The van der Waals surface area contributed by atoms with E-state index >= 15 is 0 Å². The molecule has 0 fully saturated rings. The summed E-state index contributed by atoms with van der Waals surface area (Å²) in [5.74, 6) is -1.78. The number of urea groups is 1. The number of fused-ring (bicyclic) bond motifs is 2. The number of H-pyrrole nitrogens is 1. The maximum Gasteiger partial charge on any atom is 0.323 e. The number of aryl methyl sites for hydroxylation is 1. The van der Waals surface area contributed by atoms with Gasteiger partial charge in [-0.1, -0.05) is 0 Å². The number of anilines is 3. The van der Waals surface area contributed by atoms with Crippen molar-refractivity contribution < 1.29 is 28.7 Å². The summed E-state index contributed by atoms with van der Waals surface area (Å²) in [6.07, 6.45) is 3.43. The molecule has 0 saturated heterocycles. The average Bonchev–Trinajstić information content (AvgIpc) is 3.36. The Kier molecular flexibility index (Phi) is 6.31. The number of hydrogen-bond acceptors (Lipinski definition) is 4. The summed E-state index contributed by atoms with van der Waals surface area (Å²) >= 11 is 0. The summed E-state index contributed by atoms with van der Waals surface area (Å²) in [7, 11) is 0. The number of ketones is 1. The number of carboxylic acid groups (broad SMARTS) is 1. The molecular formula is C27H23FN4O5. The third-order valence-electron chi connectivity index (χ3n) is 6.36. The number of aromatic amines is 1. The van der Waals surface area contributed by atoms with Crippen LogP contribution in [-0.4, -0.2) is 33.8 Å². The van der Waals surface area contributed by atoms with Gasteiger partial charge in [-0.15, -0.1) is 0 Å². The smallest absolute Gasteiger partial charge is 0.323 e. The van der Waals surface area contributed by atoms with Crippen LogP contribution in [0.3, 0.4) is 0 Å². The minimum Gasteiger partial charge on any atom is -0.481 e. The molecule has 0 radical (unpaired) electrons. The number of benzene rings is 2. The molecule has 0 atom stereocenters. The molecular weight excluding hydrogens is 479 g/mol. The van der Waals surface area contributed by atoms with Crippen molar-refractivity contribution in [3.05, 3.63) is 76.4 Å². The second-order valence-corrected chi connectivity index (χ2v) is 8.90. The molecule has 3 aromatic rings. The summed E-state index contributed by atoms with van der Waals surface area (Å²) in [4.78, 5) is 52.4. The highest BCUT2D eigenvalue weighted by Gasteiger charge is 2.29. The van der Waals surface area contributed by atoms with Crippen LogP contribution in [0.15, 0.2) is 42.5 Å². The number of Topliss-reactive ketones (excluding diaryl/α,β-unsaturated/α-hetero) is 1. The Bertz CT molecular complexity index is 1470. The number of aliphatic carboxylic acids is 1. The van der Waals surface area contributed by atoms with Crippen molar-refractivity contribution in [3.63, 3.8) is 0 Å². The minimum absolute atomic E-state index is 0.0301. The molecule has 2 aromatic carbocycles. The van der Waals surface area contributed by atoms with E-state index in [0.29, 0.717) is 64.3 Å². The highest BCUT2D eigenvalue weighted by Crippen LogP contribution is 2.37. The van der Waals surface area contributed by atoms with Gasteiger partial charge in [0.25, 0.3) is 5.91 Å². The van der Waals surface area contributed by atoms with Crippen LogP contribution in [0.5, 0.6) is 0 Å². The normalized spacial score (nSPS) is 15.2.